The molecule has 0 aliphatic rings. The highest BCUT2D eigenvalue weighted by Gasteiger charge is 2.11. The quantitative estimate of drug-likeness (QED) is 0.859. The van der Waals surface area contributed by atoms with Gasteiger partial charge in [-0.25, -0.2) is 4.39 Å². The number of benzene rings is 2. The van der Waals surface area contributed by atoms with E-state index in [1.54, 1.807) is 19.1 Å². The summed E-state index contributed by atoms with van der Waals surface area (Å²) in [5.74, 6) is 1.23. The van der Waals surface area contributed by atoms with Gasteiger partial charge >= 0.3 is 0 Å². The molecular formula is C17H20FNO. The molecule has 106 valence electrons. The van der Waals surface area contributed by atoms with Crippen molar-refractivity contribution in [3.05, 3.63) is 59.4 Å². The highest BCUT2D eigenvalue weighted by Crippen LogP contribution is 2.30. The van der Waals surface area contributed by atoms with E-state index in [1.165, 1.54) is 6.07 Å². The van der Waals surface area contributed by atoms with Crippen LogP contribution in [-0.4, -0.2) is 6.54 Å². The average Bonchev–Trinajstić information content (AvgIpc) is 2.44. The first-order valence-corrected chi connectivity index (χ1v) is 6.88. The zero-order valence-electron chi connectivity index (χ0n) is 12.1. The Morgan fingerprint density at radius 2 is 1.95 bits per heavy atom. The smallest absolute Gasteiger partial charge is 0.132 e. The van der Waals surface area contributed by atoms with E-state index in [-0.39, 0.29) is 11.9 Å². The Bertz CT molecular complexity index is 583. The van der Waals surface area contributed by atoms with Crippen molar-refractivity contribution in [2.45, 2.75) is 26.8 Å². The predicted octanol–water partition coefficient (Wildman–Crippen LogP) is 4.60. The summed E-state index contributed by atoms with van der Waals surface area (Å²) in [6.45, 7) is 6.80. The van der Waals surface area contributed by atoms with Crippen LogP contribution >= 0.6 is 0 Å². The second-order valence-corrected chi connectivity index (χ2v) is 4.83. The fraction of sp³-hybridized carbons (Fsp3) is 0.294. The first-order chi connectivity index (χ1) is 9.61. The van der Waals surface area contributed by atoms with Crippen molar-refractivity contribution in [3.63, 3.8) is 0 Å². The summed E-state index contributed by atoms with van der Waals surface area (Å²) in [5, 5.41) is 3.37. The molecule has 0 bridgehead atoms. The molecule has 0 aliphatic heterocycles. The Labute approximate surface area is 119 Å². The molecule has 0 amide bonds. The maximum absolute atomic E-state index is 13.3. The first kappa shape index (κ1) is 14.5. The topological polar surface area (TPSA) is 21.3 Å². The number of hydrogen-bond donors (Lipinski definition) is 1. The Hall–Kier alpha value is -1.87. The molecule has 1 N–H and O–H groups in total. The van der Waals surface area contributed by atoms with E-state index < -0.39 is 0 Å². The van der Waals surface area contributed by atoms with E-state index in [9.17, 15) is 4.39 Å². The van der Waals surface area contributed by atoms with Gasteiger partial charge < -0.3 is 10.1 Å². The van der Waals surface area contributed by atoms with E-state index in [1.807, 2.05) is 24.3 Å². The van der Waals surface area contributed by atoms with Crippen LogP contribution in [-0.2, 0) is 0 Å². The number of para-hydroxylation sites is 1. The summed E-state index contributed by atoms with van der Waals surface area (Å²) in [6.07, 6.45) is 0. The van der Waals surface area contributed by atoms with Crippen molar-refractivity contribution in [3.8, 4) is 11.5 Å². The summed E-state index contributed by atoms with van der Waals surface area (Å²) in [6, 6.07) is 12.9. The minimum Gasteiger partial charge on any atom is -0.457 e. The van der Waals surface area contributed by atoms with E-state index >= 15 is 0 Å². The summed E-state index contributed by atoms with van der Waals surface area (Å²) in [4.78, 5) is 0. The van der Waals surface area contributed by atoms with Crippen molar-refractivity contribution >= 4 is 0 Å². The molecule has 1 unspecified atom stereocenters. The van der Waals surface area contributed by atoms with Crippen LogP contribution < -0.4 is 10.1 Å². The second kappa shape index (κ2) is 6.53. The summed E-state index contributed by atoms with van der Waals surface area (Å²) in [7, 11) is 0. The van der Waals surface area contributed by atoms with Gasteiger partial charge in [-0.3, -0.25) is 0 Å². The lowest BCUT2D eigenvalue weighted by Crippen LogP contribution is -2.18. The number of aryl methyl sites for hydroxylation is 1. The lowest BCUT2D eigenvalue weighted by molar-refractivity contribution is 0.461. The Kier molecular flexibility index (Phi) is 4.74. The van der Waals surface area contributed by atoms with Gasteiger partial charge in [-0.2, -0.15) is 0 Å². The second-order valence-electron chi connectivity index (χ2n) is 4.83. The van der Waals surface area contributed by atoms with Crippen LogP contribution in [0.15, 0.2) is 42.5 Å². The highest BCUT2D eigenvalue weighted by molar-refractivity contribution is 5.40. The van der Waals surface area contributed by atoms with Gasteiger partial charge in [-0.05, 0) is 50.2 Å². The molecule has 2 aromatic carbocycles. The highest BCUT2D eigenvalue weighted by atomic mass is 19.1. The van der Waals surface area contributed by atoms with Crippen molar-refractivity contribution in [1.82, 2.24) is 5.32 Å². The summed E-state index contributed by atoms with van der Waals surface area (Å²) < 4.78 is 19.2. The van der Waals surface area contributed by atoms with E-state index in [2.05, 4.69) is 19.2 Å². The van der Waals surface area contributed by atoms with Crippen LogP contribution in [0.5, 0.6) is 11.5 Å². The zero-order chi connectivity index (χ0) is 14.5. The van der Waals surface area contributed by atoms with E-state index in [4.69, 9.17) is 4.74 Å². The fourth-order valence-corrected chi connectivity index (χ4v) is 2.15. The number of ether oxygens (including phenoxy) is 1. The molecule has 2 rings (SSSR count). The van der Waals surface area contributed by atoms with Gasteiger partial charge in [0, 0.05) is 11.6 Å². The van der Waals surface area contributed by atoms with Gasteiger partial charge in [0.2, 0.25) is 0 Å². The van der Waals surface area contributed by atoms with Gasteiger partial charge in [-0.1, -0.05) is 25.1 Å². The molecule has 0 heterocycles. The lowest BCUT2D eigenvalue weighted by atomic mass is 10.1. The molecule has 1 atom stereocenters. The van der Waals surface area contributed by atoms with Crippen LogP contribution in [0.3, 0.4) is 0 Å². The number of hydrogen-bond acceptors (Lipinski definition) is 2. The van der Waals surface area contributed by atoms with Gasteiger partial charge in [0.15, 0.2) is 0 Å². The molecule has 0 aliphatic carbocycles. The number of halogens is 1. The molecule has 20 heavy (non-hydrogen) atoms. The zero-order valence-corrected chi connectivity index (χ0v) is 12.1. The van der Waals surface area contributed by atoms with Crippen LogP contribution in [0.1, 0.15) is 31.0 Å². The summed E-state index contributed by atoms with van der Waals surface area (Å²) >= 11 is 0. The third-order valence-electron chi connectivity index (χ3n) is 3.25. The van der Waals surface area contributed by atoms with Gasteiger partial charge in [-0.15, -0.1) is 0 Å². The van der Waals surface area contributed by atoms with Gasteiger partial charge in [0.1, 0.15) is 17.3 Å². The lowest BCUT2D eigenvalue weighted by Gasteiger charge is -2.17. The molecule has 0 saturated heterocycles. The molecule has 0 radical (unpaired) electrons. The molecule has 2 nitrogen and oxygen atoms in total. The monoisotopic (exact) mass is 273 g/mol. The minimum atomic E-state index is -0.216. The fourth-order valence-electron chi connectivity index (χ4n) is 2.15. The standard InChI is InChI=1S/C17H20FNO/c1-4-19-13(3)15-7-5-6-8-17(15)20-14-9-10-16(18)12(2)11-14/h5-11,13,19H,4H2,1-3H3. The first-order valence-electron chi connectivity index (χ1n) is 6.88. The molecule has 0 spiro atoms. The van der Waals surface area contributed by atoms with Crippen LogP contribution in [0.4, 0.5) is 4.39 Å². The molecule has 0 fully saturated rings. The van der Waals surface area contributed by atoms with Gasteiger partial charge in [0.05, 0.1) is 0 Å². The maximum Gasteiger partial charge on any atom is 0.132 e. The number of nitrogens with one attached hydrogen (secondary N) is 1. The van der Waals surface area contributed by atoms with Crippen molar-refractivity contribution < 1.29 is 9.13 Å². The Balaban J connectivity index is 2.26. The summed E-state index contributed by atoms with van der Waals surface area (Å²) in [5.41, 5.74) is 1.68. The van der Waals surface area contributed by atoms with Crippen LogP contribution in [0.25, 0.3) is 0 Å². The van der Waals surface area contributed by atoms with Gasteiger partial charge in [0.25, 0.3) is 0 Å². The Morgan fingerprint density at radius 1 is 1.20 bits per heavy atom. The number of rotatable bonds is 5. The van der Waals surface area contributed by atoms with Crippen LogP contribution in [0, 0.1) is 12.7 Å². The van der Waals surface area contributed by atoms with E-state index in [0.717, 1.165) is 17.9 Å². The molecule has 0 saturated carbocycles. The average molecular weight is 273 g/mol. The normalized spacial score (nSPS) is 12.2. The SMILES string of the molecule is CCNC(C)c1ccccc1Oc1ccc(F)c(C)c1. The van der Waals surface area contributed by atoms with Crippen molar-refractivity contribution in [1.29, 1.82) is 0 Å². The minimum absolute atomic E-state index is 0.206. The molecule has 2 aromatic rings. The Morgan fingerprint density at radius 3 is 2.65 bits per heavy atom. The molecule has 0 aromatic heterocycles. The molecular weight excluding hydrogens is 253 g/mol. The van der Waals surface area contributed by atoms with Crippen LogP contribution in [0.2, 0.25) is 0 Å². The third kappa shape index (κ3) is 3.36. The van der Waals surface area contributed by atoms with E-state index in [0.29, 0.717) is 11.3 Å². The maximum atomic E-state index is 13.3. The molecule has 3 heteroatoms. The predicted molar refractivity (Wildman–Crippen MR) is 79.7 cm³/mol. The third-order valence-corrected chi connectivity index (χ3v) is 3.25. The van der Waals surface area contributed by atoms with Crippen molar-refractivity contribution in [2.75, 3.05) is 6.54 Å². The van der Waals surface area contributed by atoms with Crippen molar-refractivity contribution in [2.24, 2.45) is 0 Å². The largest absolute Gasteiger partial charge is 0.457 e.